The first kappa shape index (κ1) is 15.2. The van der Waals surface area contributed by atoms with Gasteiger partial charge in [-0.1, -0.05) is 32.0 Å². The highest BCUT2D eigenvalue weighted by Gasteiger charge is 2.08. The molecule has 0 unspecified atom stereocenters. The highest BCUT2D eigenvalue weighted by molar-refractivity contribution is 5.81. The van der Waals surface area contributed by atoms with Crippen LogP contribution in [0.5, 0.6) is 0 Å². The van der Waals surface area contributed by atoms with Crippen molar-refractivity contribution < 1.29 is 9.21 Å². The zero-order valence-corrected chi connectivity index (χ0v) is 12.6. The summed E-state index contributed by atoms with van der Waals surface area (Å²) in [4.78, 5) is 11.9. The molecule has 0 fully saturated rings. The van der Waals surface area contributed by atoms with Crippen molar-refractivity contribution in [1.82, 2.24) is 5.32 Å². The maximum Gasteiger partial charge on any atom is 0.239 e. The van der Waals surface area contributed by atoms with Crippen LogP contribution in [0.4, 0.5) is 5.69 Å². The van der Waals surface area contributed by atoms with Crippen molar-refractivity contribution in [3.05, 3.63) is 53.5 Å². The van der Waals surface area contributed by atoms with Crippen molar-refractivity contribution in [2.24, 2.45) is 0 Å². The van der Waals surface area contributed by atoms with Crippen molar-refractivity contribution >= 4 is 11.6 Å². The van der Waals surface area contributed by atoms with Crippen molar-refractivity contribution in [3.8, 4) is 0 Å². The number of carbonyl (C=O) groups is 1. The van der Waals surface area contributed by atoms with Gasteiger partial charge in [0.1, 0.15) is 5.76 Å². The average Bonchev–Trinajstić information content (AvgIpc) is 3.03. The fourth-order valence-corrected chi connectivity index (χ4v) is 2.30. The molecule has 0 aliphatic carbocycles. The molecule has 21 heavy (non-hydrogen) atoms. The van der Waals surface area contributed by atoms with Crippen molar-refractivity contribution in [2.75, 3.05) is 11.9 Å². The molecule has 112 valence electrons. The lowest BCUT2D eigenvalue weighted by molar-refractivity contribution is -0.119. The number of carbonyl (C=O) groups excluding carboxylic acids is 1. The molecule has 2 aromatic rings. The van der Waals surface area contributed by atoms with Crippen LogP contribution in [-0.2, 0) is 24.2 Å². The molecule has 0 bridgehead atoms. The monoisotopic (exact) mass is 286 g/mol. The predicted octanol–water partition coefficient (Wildman–Crippen LogP) is 3.13. The van der Waals surface area contributed by atoms with Gasteiger partial charge >= 0.3 is 0 Å². The molecule has 2 N–H and O–H groups in total. The second-order valence-corrected chi connectivity index (χ2v) is 4.87. The average molecular weight is 286 g/mol. The summed E-state index contributed by atoms with van der Waals surface area (Å²) in [5, 5.41) is 6.11. The molecule has 4 nitrogen and oxygen atoms in total. The molecule has 0 spiro atoms. The third-order valence-electron chi connectivity index (χ3n) is 3.46. The van der Waals surface area contributed by atoms with Crippen LogP contribution in [0.15, 0.2) is 41.0 Å². The number of para-hydroxylation sites is 1. The van der Waals surface area contributed by atoms with Crippen LogP contribution in [0.2, 0.25) is 0 Å². The highest BCUT2D eigenvalue weighted by Crippen LogP contribution is 2.22. The van der Waals surface area contributed by atoms with E-state index in [1.54, 1.807) is 6.26 Å². The van der Waals surface area contributed by atoms with Gasteiger partial charge in [0.25, 0.3) is 0 Å². The molecule has 1 aromatic carbocycles. The van der Waals surface area contributed by atoms with Gasteiger partial charge in [0.2, 0.25) is 5.91 Å². The molecule has 0 aliphatic rings. The van der Waals surface area contributed by atoms with Gasteiger partial charge in [0.15, 0.2) is 0 Å². The summed E-state index contributed by atoms with van der Waals surface area (Å²) in [6.45, 7) is 4.93. The normalized spacial score (nSPS) is 10.4. The molecule has 0 saturated heterocycles. The summed E-state index contributed by atoms with van der Waals surface area (Å²) in [7, 11) is 0. The van der Waals surface area contributed by atoms with E-state index in [2.05, 4.69) is 42.7 Å². The summed E-state index contributed by atoms with van der Waals surface area (Å²) in [6, 6.07) is 9.92. The van der Waals surface area contributed by atoms with Crippen LogP contribution in [0.1, 0.15) is 30.7 Å². The Kier molecular flexibility index (Phi) is 5.43. The van der Waals surface area contributed by atoms with E-state index in [0.29, 0.717) is 6.54 Å². The van der Waals surface area contributed by atoms with Gasteiger partial charge in [-0.3, -0.25) is 4.79 Å². The minimum atomic E-state index is -0.0423. The Morgan fingerprint density at radius 2 is 1.81 bits per heavy atom. The van der Waals surface area contributed by atoms with Gasteiger partial charge in [-0.2, -0.15) is 0 Å². The number of hydrogen-bond donors (Lipinski definition) is 2. The molecule has 0 saturated carbocycles. The molecule has 0 radical (unpaired) electrons. The van der Waals surface area contributed by atoms with Crippen molar-refractivity contribution in [2.45, 2.75) is 33.2 Å². The number of rotatable bonds is 7. The Morgan fingerprint density at radius 1 is 1.10 bits per heavy atom. The number of hydrogen-bond acceptors (Lipinski definition) is 3. The number of anilines is 1. The fraction of sp³-hybridized carbons (Fsp3) is 0.353. The summed E-state index contributed by atoms with van der Waals surface area (Å²) < 4.78 is 5.18. The first-order valence-corrected chi connectivity index (χ1v) is 7.38. The van der Waals surface area contributed by atoms with Crippen LogP contribution in [0, 0.1) is 0 Å². The highest BCUT2D eigenvalue weighted by atomic mass is 16.3. The minimum Gasteiger partial charge on any atom is -0.467 e. The van der Waals surface area contributed by atoms with E-state index < -0.39 is 0 Å². The molecular weight excluding hydrogens is 264 g/mol. The van der Waals surface area contributed by atoms with Gasteiger partial charge < -0.3 is 15.1 Å². The standard InChI is InChI=1S/C17H22N2O2/c1-3-13-7-5-8-14(4-2)17(13)19-12-16(20)18-11-15-9-6-10-21-15/h5-10,19H,3-4,11-12H2,1-2H3,(H,18,20). The number of furan rings is 1. The van der Waals surface area contributed by atoms with E-state index in [1.165, 1.54) is 11.1 Å². The SMILES string of the molecule is CCc1cccc(CC)c1NCC(=O)NCc1ccco1. The topological polar surface area (TPSA) is 54.3 Å². The largest absolute Gasteiger partial charge is 0.467 e. The number of aryl methyl sites for hydroxylation is 2. The number of nitrogens with one attached hydrogen (secondary N) is 2. The van der Waals surface area contributed by atoms with Crippen molar-refractivity contribution in [3.63, 3.8) is 0 Å². The smallest absolute Gasteiger partial charge is 0.239 e. The van der Waals surface area contributed by atoms with Crippen LogP contribution >= 0.6 is 0 Å². The Morgan fingerprint density at radius 3 is 2.38 bits per heavy atom. The van der Waals surface area contributed by atoms with Gasteiger partial charge in [0, 0.05) is 5.69 Å². The van der Waals surface area contributed by atoms with Crippen LogP contribution in [-0.4, -0.2) is 12.5 Å². The predicted molar refractivity (Wildman–Crippen MR) is 84.2 cm³/mol. The van der Waals surface area contributed by atoms with Gasteiger partial charge in [-0.05, 0) is 36.1 Å². The Bertz CT molecular complexity index is 554. The molecular formula is C17H22N2O2. The maximum absolute atomic E-state index is 11.9. The summed E-state index contributed by atoms with van der Waals surface area (Å²) in [5.41, 5.74) is 3.58. The number of amides is 1. The summed E-state index contributed by atoms with van der Waals surface area (Å²) in [6.07, 6.45) is 3.50. The third-order valence-corrected chi connectivity index (χ3v) is 3.46. The van der Waals surface area contributed by atoms with E-state index >= 15 is 0 Å². The molecule has 0 atom stereocenters. The number of benzene rings is 1. The zero-order valence-electron chi connectivity index (χ0n) is 12.6. The lowest BCUT2D eigenvalue weighted by Gasteiger charge is -2.15. The van der Waals surface area contributed by atoms with Crippen LogP contribution in [0.3, 0.4) is 0 Å². The van der Waals surface area contributed by atoms with E-state index in [9.17, 15) is 4.79 Å². The second kappa shape index (κ2) is 7.53. The van der Waals surface area contributed by atoms with E-state index in [0.717, 1.165) is 24.3 Å². The van der Waals surface area contributed by atoms with E-state index in [-0.39, 0.29) is 12.5 Å². The second-order valence-electron chi connectivity index (χ2n) is 4.87. The van der Waals surface area contributed by atoms with E-state index in [1.807, 2.05) is 12.1 Å². The molecule has 2 rings (SSSR count). The molecule has 1 heterocycles. The lowest BCUT2D eigenvalue weighted by atomic mass is 10.0. The third kappa shape index (κ3) is 4.12. The first-order valence-electron chi connectivity index (χ1n) is 7.38. The molecule has 0 aliphatic heterocycles. The van der Waals surface area contributed by atoms with Crippen molar-refractivity contribution in [1.29, 1.82) is 0 Å². The zero-order chi connectivity index (χ0) is 15.1. The van der Waals surface area contributed by atoms with E-state index in [4.69, 9.17) is 4.42 Å². The minimum absolute atomic E-state index is 0.0423. The Hall–Kier alpha value is -2.23. The first-order chi connectivity index (χ1) is 10.2. The quantitative estimate of drug-likeness (QED) is 0.822. The van der Waals surface area contributed by atoms with Crippen LogP contribution < -0.4 is 10.6 Å². The lowest BCUT2D eigenvalue weighted by Crippen LogP contribution is -2.29. The maximum atomic E-state index is 11.9. The Labute approximate surface area is 125 Å². The van der Waals surface area contributed by atoms with Crippen LogP contribution in [0.25, 0.3) is 0 Å². The fourth-order valence-electron chi connectivity index (χ4n) is 2.30. The Balaban J connectivity index is 1.91. The molecule has 4 heteroatoms. The molecule has 1 amide bonds. The van der Waals surface area contributed by atoms with Gasteiger partial charge in [0.05, 0.1) is 19.4 Å². The summed E-state index contributed by atoms with van der Waals surface area (Å²) >= 11 is 0. The van der Waals surface area contributed by atoms with Gasteiger partial charge in [-0.25, -0.2) is 0 Å². The molecule has 1 aromatic heterocycles. The summed E-state index contributed by atoms with van der Waals surface area (Å²) in [5.74, 6) is 0.714. The van der Waals surface area contributed by atoms with Gasteiger partial charge in [-0.15, -0.1) is 0 Å².